The summed E-state index contributed by atoms with van der Waals surface area (Å²) in [7, 11) is -3.07. The topological polar surface area (TPSA) is 113 Å². The van der Waals surface area contributed by atoms with Gasteiger partial charge in [0.2, 0.25) is 5.91 Å². The van der Waals surface area contributed by atoms with E-state index in [1.165, 1.54) is 0 Å². The second kappa shape index (κ2) is 6.71. The molecule has 2 atom stereocenters. The molecule has 0 bridgehead atoms. The summed E-state index contributed by atoms with van der Waals surface area (Å²) in [5.41, 5.74) is 0. The predicted octanol–water partition coefficient (Wildman–Crippen LogP) is -1.53. The first-order valence-corrected chi connectivity index (χ1v) is 8.73. The number of carbonyl (C=O) groups excluding carboxylic acids is 1. The zero-order valence-corrected chi connectivity index (χ0v) is 12.5. The van der Waals surface area contributed by atoms with Crippen LogP contribution in [-0.4, -0.2) is 80.2 Å². The maximum Gasteiger partial charge on any atom is 0.306 e. The highest BCUT2D eigenvalue weighted by Gasteiger charge is 2.30. The van der Waals surface area contributed by atoms with Crippen molar-refractivity contribution in [1.29, 1.82) is 0 Å². The third-order valence-electron chi connectivity index (χ3n) is 3.62. The molecule has 2 aliphatic heterocycles. The average molecular weight is 320 g/mol. The molecule has 9 heteroatoms. The highest BCUT2D eigenvalue weighted by molar-refractivity contribution is 7.91. The fourth-order valence-electron chi connectivity index (χ4n) is 2.60. The number of ether oxygens (including phenoxy) is 1. The van der Waals surface area contributed by atoms with Gasteiger partial charge in [-0.2, -0.15) is 0 Å². The number of sulfone groups is 1. The maximum atomic E-state index is 12.2. The Bertz CT molecular complexity index is 506. The summed E-state index contributed by atoms with van der Waals surface area (Å²) in [6, 6.07) is -0.364. The lowest BCUT2D eigenvalue weighted by Crippen LogP contribution is -2.51. The molecule has 1 amide bonds. The lowest BCUT2D eigenvalue weighted by molar-refractivity contribution is -0.147. The van der Waals surface area contributed by atoms with E-state index < -0.39 is 21.9 Å². The number of carboxylic acid groups (broad SMARTS) is 1. The van der Waals surface area contributed by atoms with Gasteiger partial charge >= 0.3 is 5.97 Å². The van der Waals surface area contributed by atoms with Crippen LogP contribution in [0.25, 0.3) is 0 Å². The van der Waals surface area contributed by atoms with Gasteiger partial charge in [-0.05, 0) is 0 Å². The molecule has 0 saturated carbocycles. The Morgan fingerprint density at radius 3 is 2.76 bits per heavy atom. The quantitative estimate of drug-likeness (QED) is 0.646. The van der Waals surface area contributed by atoms with Gasteiger partial charge in [0.05, 0.1) is 30.6 Å². The van der Waals surface area contributed by atoms with Crippen LogP contribution in [0.5, 0.6) is 0 Å². The van der Waals surface area contributed by atoms with Crippen LogP contribution < -0.4 is 5.32 Å². The van der Waals surface area contributed by atoms with E-state index in [9.17, 15) is 18.0 Å². The van der Waals surface area contributed by atoms with Crippen molar-refractivity contribution in [3.8, 4) is 0 Å². The van der Waals surface area contributed by atoms with E-state index >= 15 is 0 Å². The molecule has 0 aromatic carbocycles. The zero-order chi connectivity index (χ0) is 15.5. The Labute approximate surface area is 123 Å². The molecule has 21 heavy (non-hydrogen) atoms. The number of rotatable bonds is 4. The van der Waals surface area contributed by atoms with Crippen molar-refractivity contribution < 1.29 is 27.9 Å². The van der Waals surface area contributed by atoms with Crippen LogP contribution in [0.3, 0.4) is 0 Å². The summed E-state index contributed by atoms with van der Waals surface area (Å²) in [6.45, 7) is 1.32. The molecule has 0 spiro atoms. The molecular formula is C12H20N2O6S. The number of hydrogen-bond donors (Lipinski definition) is 2. The number of hydrogen-bond acceptors (Lipinski definition) is 6. The second-order valence-corrected chi connectivity index (χ2v) is 7.63. The van der Waals surface area contributed by atoms with Gasteiger partial charge in [-0.25, -0.2) is 8.42 Å². The van der Waals surface area contributed by atoms with E-state index in [1.54, 1.807) is 4.90 Å². The van der Waals surface area contributed by atoms with Gasteiger partial charge in [-0.3, -0.25) is 9.59 Å². The molecule has 2 rings (SSSR count). The van der Waals surface area contributed by atoms with Crippen LogP contribution in [0, 0.1) is 0 Å². The van der Waals surface area contributed by atoms with Gasteiger partial charge in [0.25, 0.3) is 0 Å². The predicted molar refractivity (Wildman–Crippen MR) is 73.6 cm³/mol. The minimum atomic E-state index is -3.07. The first kappa shape index (κ1) is 16.2. The Hall–Kier alpha value is -1.19. The third kappa shape index (κ3) is 4.94. The molecular weight excluding hydrogens is 300 g/mol. The van der Waals surface area contributed by atoms with Crippen molar-refractivity contribution in [3.63, 3.8) is 0 Å². The Morgan fingerprint density at radius 1 is 1.33 bits per heavy atom. The Balaban J connectivity index is 1.86. The molecule has 2 aliphatic rings. The number of nitrogens with zero attached hydrogens (tertiary/aromatic N) is 1. The van der Waals surface area contributed by atoms with Gasteiger partial charge in [0.1, 0.15) is 0 Å². The monoisotopic (exact) mass is 320 g/mol. The van der Waals surface area contributed by atoms with Crippen molar-refractivity contribution in [2.75, 3.05) is 37.7 Å². The molecule has 0 radical (unpaired) electrons. The minimum Gasteiger partial charge on any atom is -0.481 e. The van der Waals surface area contributed by atoms with E-state index in [0.29, 0.717) is 19.7 Å². The average Bonchev–Trinajstić information content (AvgIpc) is 2.37. The number of carbonyl (C=O) groups is 2. The number of amides is 1. The Morgan fingerprint density at radius 2 is 2.10 bits per heavy atom. The third-order valence-corrected chi connectivity index (χ3v) is 5.35. The highest BCUT2D eigenvalue weighted by atomic mass is 32.2. The van der Waals surface area contributed by atoms with Crippen LogP contribution >= 0.6 is 0 Å². The smallest absolute Gasteiger partial charge is 0.306 e. The SMILES string of the molecule is O=C(O)CC1CN(C(=O)CC2CS(=O)(=O)CCN2)CCO1. The summed E-state index contributed by atoms with van der Waals surface area (Å²) >= 11 is 0. The summed E-state index contributed by atoms with van der Waals surface area (Å²) in [5, 5.41) is 11.8. The van der Waals surface area contributed by atoms with Crippen LogP contribution in [0.2, 0.25) is 0 Å². The van der Waals surface area contributed by atoms with Gasteiger partial charge in [0.15, 0.2) is 9.84 Å². The summed E-state index contributed by atoms with van der Waals surface area (Å²) in [6.07, 6.45) is -0.526. The lowest BCUT2D eigenvalue weighted by Gasteiger charge is -2.33. The molecule has 2 fully saturated rings. The van der Waals surface area contributed by atoms with Crippen LogP contribution in [-0.2, 0) is 24.2 Å². The largest absolute Gasteiger partial charge is 0.481 e. The lowest BCUT2D eigenvalue weighted by atomic mass is 10.1. The first-order chi connectivity index (χ1) is 9.85. The van der Waals surface area contributed by atoms with Crippen LogP contribution in [0.15, 0.2) is 0 Å². The van der Waals surface area contributed by atoms with E-state index in [0.717, 1.165) is 0 Å². The summed E-state index contributed by atoms with van der Waals surface area (Å²) in [4.78, 5) is 24.4. The molecule has 2 N–H and O–H groups in total. The highest BCUT2D eigenvalue weighted by Crippen LogP contribution is 2.12. The van der Waals surface area contributed by atoms with Crippen LogP contribution in [0.4, 0.5) is 0 Å². The minimum absolute atomic E-state index is 0.0262. The van der Waals surface area contributed by atoms with Gasteiger partial charge < -0.3 is 20.1 Å². The number of aliphatic carboxylic acids is 1. The van der Waals surface area contributed by atoms with Gasteiger partial charge in [-0.15, -0.1) is 0 Å². The molecule has 0 aliphatic carbocycles. The fourth-order valence-corrected chi connectivity index (χ4v) is 4.05. The number of nitrogens with one attached hydrogen (secondary N) is 1. The Kier molecular flexibility index (Phi) is 5.17. The molecule has 2 heterocycles. The number of morpholine rings is 1. The normalized spacial score (nSPS) is 29.0. The molecule has 2 saturated heterocycles. The van der Waals surface area contributed by atoms with Crippen molar-refractivity contribution in [1.82, 2.24) is 10.2 Å². The van der Waals surface area contributed by atoms with Gasteiger partial charge in [0, 0.05) is 32.1 Å². The fraction of sp³-hybridized carbons (Fsp3) is 0.833. The van der Waals surface area contributed by atoms with Crippen molar-refractivity contribution in [2.45, 2.75) is 25.0 Å². The van der Waals surface area contributed by atoms with Gasteiger partial charge in [-0.1, -0.05) is 0 Å². The van der Waals surface area contributed by atoms with Crippen molar-refractivity contribution in [2.24, 2.45) is 0 Å². The van der Waals surface area contributed by atoms with E-state index in [1.807, 2.05) is 0 Å². The molecule has 120 valence electrons. The molecule has 2 unspecified atom stereocenters. The van der Waals surface area contributed by atoms with E-state index in [4.69, 9.17) is 9.84 Å². The van der Waals surface area contributed by atoms with Crippen molar-refractivity contribution in [3.05, 3.63) is 0 Å². The van der Waals surface area contributed by atoms with E-state index in [2.05, 4.69) is 5.32 Å². The van der Waals surface area contributed by atoms with Crippen molar-refractivity contribution >= 4 is 21.7 Å². The number of carboxylic acids is 1. The summed E-state index contributed by atoms with van der Waals surface area (Å²) < 4.78 is 28.4. The molecule has 0 aromatic heterocycles. The van der Waals surface area contributed by atoms with Crippen LogP contribution in [0.1, 0.15) is 12.8 Å². The zero-order valence-electron chi connectivity index (χ0n) is 11.7. The van der Waals surface area contributed by atoms with E-state index in [-0.39, 0.29) is 42.8 Å². The maximum absolute atomic E-state index is 12.2. The molecule has 8 nitrogen and oxygen atoms in total. The standard InChI is InChI=1S/C12H20N2O6S/c15-11(5-9-8-21(18,19)4-1-13-9)14-2-3-20-10(7-14)6-12(16)17/h9-10,13H,1-8H2,(H,16,17). The summed E-state index contributed by atoms with van der Waals surface area (Å²) in [5.74, 6) is -1.05. The molecule has 0 aromatic rings. The second-order valence-electron chi connectivity index (χ2n) is 5.40. The first-order valence-electron chi connectivity index (χ1n) is 6.91.